The summed E-state index contributed by atoms with van der Waals surface area (Å²) in [6.07, 6.45) is 6.45. The van der Waals surface area contributed by atoms with Gasteiger partial charge in [-0.25, -0.2) is 4.52 Å². The number of aromatic nitrogens is 4. The van der Waals surface area contributed by atoms with Crippen molar-refractivity contribution in [2.24, 2.45) is 0 Å². The number of ether oxygens (including phenoxy) is 1. The van der Waals surface area contributed by atoms with Gasteiger partial charge in [0.2, 0.25) is 5.78 Å². The van der Waals surface area contributed by atoms with Gasteiger partial charge in [-0.05, 0) is 48.4 Å². The molecule has 0 bridgehead atoms. The Bertz CT molecular complexity index is 1420. The molecular weight excluding hydrogens is 438 g/mol. The van der Waals surface area contributed by atoms with E-state index in [2.05, 4.69) is 35.2 Å². The summed E-state index contributed by atoms with van der Waals surface area (Å²) in [5.41, 5.74) is 5.37. The third kappa shape index (κ3) is 4.50. The second-order valence-electron chi connectivity index (χ2n) is 9.05. The van der Waals surface area contributed by atoms with Gasteiger partial charge in [0, 0.05) is 31.2 Å². The van der Waals surface area contributed by atoms with Crippen molar-refractivity contribution in [3.63, 3.8) is 0 Å². The molecule has 2 aromatic carbocycles. The molecule has 0 aliphatic carbocycles. The van der Waals surface area contributed by atoms with Crippen LogP contribution in [0.3, 0.4) is 0 Å². The van der Waals surface area contributed by atoms with E-state index in [0.29, 0.717) is 31.0 Å². The molecule has 1 aliphatic heterocycles. The van der Waals surface area contributed by atoms with Crippen LogP contribution in [0.15, 0.2) is 59.7 Å². The second-order valence-corrected chi connectivity index (χ2v) is 9.05. The third-order valence-electron chi connectivity index (χ3n) is 6.84. The fourth-order valence-electron chi connectivity index (χ4n) is 4.97. The zero-order valence-corrected chi connectivity index (χ0v) is 20.0. The van der Waals surface area contributed by atoms with Crippen LogP contribution in [-0.4, -0.2) is 32.4 Å². The molecule has 1 fully saturated rings. The molecular formula is C28H29N5O2. The van der Waals surface area contributed by atoms with Gasteiger partial charge in [0.25, 0.3) is 5.56 Å². The quantitative estimate of drug-likeness (QED) is 0.393. The Labute approximate surface area is 204 Å². The van der Waals surface area contributed by atoms with Gasteiger partial charge in [0.15, 0.2) is 0 Å². The van der Waals surface area contributed by atoms with Gasteiger partial charge in [0.1, 0.15) is 6.33 Å². The predicted molar refractivity (Wildman–Crippen MR) is 134 cm³/mol. The van der Waals surface area contributed by atoms with E-state index in [-0.39, 0.29) is 11.6 Å². The lowest BCUT2D eigenvalue weighted by Crippen LogP contribution is -2.34. The first-order chi connectivity index (χ1) is 17.2. The van der Waals surface area contributed by atoms with Crippen molar-refractivity contribution in [2.75, 3.05) is 13.2 Å². The Morgan fingerprint density at radius 2 is 1.89 bits per heavy atom. The van der Waals surface area contributed by atoms with Crippen LogP contribution >= 0.6 is 0 Å². The standard InChI is InChI=1S/C28H29N5O2/c1-2-3-8-26-25(17-20-9-11-21(12-10-20)24-7-5-4-6-22(24)18-29)27(34)32(23-13-15-35-16-14-23)28-30-19-31-33(26)28/h4-7,9-12,19,23H,2-3,8,13-17H2,1H3. The number of nitriles is 1. The number of nitrogens with zero attached hydrogens (tertiary/aromatic N) is 5. The Kier molecular flexibility index (Phi) is 6.73. The minimum atomic E-state index is 0.0300. The van der Waals surface area contributed by atoms with Crippen LogP contribution in [0, 0.1) is 11.3 Å². The van der Waals surface area contributed by atoms with E-state index in [1.807, 2.05) is 45.5 Å². The minimum absolute atomic E-state index is 0.0300. The summed E-state index contributed by atoms with van der Waals surface area (Å²) in [5.74, 6) is 0.625. The highest BCUT2D eigenvalue weighted by molar-refractivity contribution is 5.70. The molecule has 0 saturated carbocycles. The number of benzene rings is 2. The fraction of sp³-hybridized carbons (Fsp3) is 0.357. The monoisotopic (exact) mass is 467 g/mol. The normalized spacial score (nSPS) is 14.3. The van der Waals surface area contributed by atoms with E-state index in [0.717, 1.165) is 60.1 Å². The predicted octanol–water partition coefficient (Wildman–Crippen LogP) is 4.71. The van der Waals surface area contributed by atoms with Crippen LogP contribution < -0.4 is 5.56 Å². The SMILES string of the molecule is CCCCc1c(Cc2ccc(-c3ccccc3C#N)cc2)c(=O)n(C2CCOCC2)c2ncnn12. The van der Waals surface area contributed by atoms with Crippen LogP contribution in [0.25, 0.3) is 16.9 Å². The van der Waals surface area contributed by atoms with Crippen molar-refractivity contribution in [3.8, 4) is 17.2 Å². The maximum absolute atomic E-state index is 13.9. The molecule has 3 heterocycles. The van der Waals surface area contributed by atoms with Crippen molar-refractivity contribution < 1.29 is 4.74 Å². The fourth-order valence-corrected chi connectivity index (χ4v) is 4.97. The van der Waals surface area contributed by atoms with Crippen LogP contribution in [-0.2, 0) is 17.6 Å². The minimum Gasteiger partial charge on any atom is -0.381 e. The number of hydrogen-bond donors (Lipinski definition) is 0. The van der Waals surface area contributed by atoms with E-state index in [1.165, 1.54) is 0 Å². The number of unbranched alkanes of at least 4 members (excludes halogenated alkanes) is 1. The van der Waals surface area contributed by atoms with Crippen molar-refractivity contribution in [1.29, 1.82) is 5.26 Å². The molecule has 7 heteroatoms. The Balaban J connectivity index is 1.57. The molecule has 1 saturated heterocycles. The molecule has 1 aliphatic rings. The maximum atomic E-state index is 13.9. The first-order valence-electron chi connectivity index (χ1n) is 12.3. The van der Waals surface area contributed by atoms with Crippen molar-refractivity contribution in [1.82, 2.24) is 19.2 Å². The van der Waals surface area contributed by atoms with Gasteiger partial charge < -0.3 is 4.74 Å². The molecule has 5 rings (SSSR count). The topological polar surface area (TPSA) is 85.2 Å². The van der Waals surface area contributed by atoms with E-state index in [1.54, 1.807) is 6.33 Å². The highest BCUT2D eigenvalue weighted by Crippen LogP contribution is 2.26. The maximum Gasteiger partial charge on any atom is 0.259 e. The summed E-state index contributed by atoms with van der Waals surface area (Å²) >= 11 is 0. The molecule has 0 atom stereocenters. The summed E-state index contributed by atoms with van der Waals surface area (Å²) in [6.45, 7) is 3.45. The van der Waals surface area contributed by atoms with Gasteiger partial charge in [-0.15, -0.1) is 0 Å². The van der Waals surface area contributed by atoms with Crippen LogP contribution in [0.1, 0.15) is 61.0 Å². The highest BCUT2D eigenvalue weighted by Gasteiger charge is 2.25. The molecule has 4 aromatic rings. The third-order valence-corrected chi connectivity index (χ3v) is 6.84. The Morgan fingerprint density at radius 1 is 1.11 bits per heavy atom. The van der Waals surface area contributed by atoms with E-state index in [4.69, 9.17) is 4.74 Å². The summed E-state index contributed by atoms with van der Waals surface area (Å²) < 4.78 is 9.26. The lowest BCUT2D eigenvalue weighted by atomic mass is 9.96. The van der Waals surface area contributed by atoms with E-state index < -0.39 is 0 Å². The van der Waals surface area contributed by atoms with Gasteiger partial charge in [0.05, 0.1) is 17.3 Å². The van der Waals surface area contributed by atoms with Gasteiger partial charge >= 0.3 is 0 Å². The van der Waals surface area contributed by atoms with Crippen molar-refractivity contribution in [2.45, 2.75) is 51.5 Å². The molecule has 0 amide bonds. The summed E-state index contributed by atoms with van der Waals surface area (Å²) in [6, 6.07) is 18.1. The van der Waals surface area contributed by atoms with Gasteiger partial charge in [-0.2, -0.15) is 15.3 Å². The zero-order valence-electron chi connectivity index (χ0n) is 20.0. The highest BCUT2D eigenvalue weighted by atomic mass is 16.5. The van der Waals surface area contributed by atoms with Gasteiger partial charge in [-0.1, -0.05) is 55.8 Å². The first-order valence-corrected chi connectivity index (χ1v) is 12.3. The first kappa shape index (κ1) is 23.0. The smallest absolute Gasteiger partial charge is 0.259 e. The molecule has 0 unspecified atom stereocenters. The van der Waals surface area contributed by atoms with E-state index >= 15 is 0 Å². The molecule has 0 spiro atoms. The lowest BCUT2D eigenvalue weighted by Gasteiger charge is -2.26. The molecule has 2 aromatic heterocycles. The zero-order chi connectivity index (χ0) is 24.2. The molecule has 178 valence electrons. The second kappa shape index (κ2) is 10.2. The Morgan fingerprint density at radius 3 is 2.63 bits per heavy atom. The number of fused-ring (bicyclic) bond motifs is 1. The summed E-state index contributed by atoms with van der Waals surface area (Å²) in [5, 5.41) is 14.0. The largest absolute Gasteiger partial charge is 0.381 e. The van der Waals surface area contributed by atoms with Crippen LogP contribution in [0.2, 0.25) is 0 Å². The van der Waals surface area contributed by atoms with Gasteiger partial charge in [-0.3, -0.25) is 9.36 Å². The van der Waals surface area contributed by atoms with Crippen molar-refractivity contribution in [3.05, 3.63) is 87.6 Å². The molecule has 35 heavy (non-hydrogen) atoms. The average Bonchev–Trinajstić information content (AvgIpc) is 3.39. The average molecular weight is 468 g/mol. The van der Waals surface area contributed by atoms with Crippen molar-refractivity contribution >= 4 is 5.78 Å². The van der Waals surface area contributed by atoms with E-state index in [9.17, 15) is 10.1 Å². The summed E-state index contributed by atoms with van der Waals surface area (Å²) in [4.78, 5) is 18.4. The molecule has 0 radical (unpaired) electrons. The molecule has 0 N–H and O–H groups in total. The Hall–Kier alpha value is -3.76. The number of rotatable bonds is 7. The van der Waals surface area contributed by atoms with Crippen LogP contribution in [0.4, 0.5) is 0 Å². The number of aryl methyl sites for hydroxylation is 1. The number of hydrogen-bond acceptors (Lipinski definition) is 5. The summed E-state index contributed by atoms with van der Waals surface area (Å²) in [7, 11) is 0. The molecule has 7 nitrogen and oxygen atoms in total. The lowest BCUT2D eigenvalue weighted by molar-refractivity contribution is 0.0693. The van der Waals surface area contributed by atoms with Crippen LogP contribution in [0.5, 0.6) is 0 Å².